The van der Waals surface area contributed by atoms with E-state index in [1.165, 1.54) is 4.88 Å². The molecule has 0 saturated heterocycles. The third-order valence-electron chi connectivity index (χ3n) is 3.43. The number of hydrogen-bond acceptors (Lipinski definition) is 4. The van der Waals surface area contributed by atoms with Crippen LogP contribution < -0.4 is 10.5 Å². The molecule has 4 nitrogen and oxygen atoms in total. The Morgan fingerprint density at radius 1 is 1.22 bits per heavy atom. The number of halogens is 1. The van der Waals surface area contributed by atoms with Crippen molar-refractivity contribution in [2.24, 2.45) is 5.73 Å². The standard InChI is InChI=1S/C17H22N2O2S.ClH/c1-21-16-8-3-2-6-14(16)12-19(17(20)9-4-10-18)13-15-7-5-11-22-15;/h2-3,5-8,11H,4,9-10,12-13,18H2,1H3;1H. The second kappa shape index (κ2) is 10.3. The summed E-state index contributed by atoms with van der Waals surface area (Å²) < 4.78 is 5.39. The fourth-order valence-corrected chi connectivity index (χ4v) is 2.99. The molecule has 0 saturated carbocycles. The maximum Gasteiger partial charge on any atom is 0.223 e. The van der Waals surface area contributed by atoms with E-state index < -0.39 is 0 Å². The van der Waals surface area contributed by atoms with E-state index in [-0.39, 0.29) is 18.3 Å². The molecule has 0 aliphatic carbocycles. The number of thiophene rings is 1. The molecule has 0 unspecified atom stereocenters. The SMILES string of the molecule is COc1ccccc1CN(Cc1cccs1)C(=O)CCCN.Cl. The third kappa shape index (κ3) is 5.86. The van der Waals surface area contributed by atoms with Crippen LogP contribution in [-0.4, -0.2) is 24.5 Å². The topological polar surface area (TPSA) is 55.6 Å². The summed E-state index contributed by atoms with van der Waals surface area (Å²) in [6.07, 6.45) is 1.20. The Hall–Kier alpha value is -1.56. The molecule has 0 aliphatic heterocycles. The summed E-state index contributed by atoms with van der Waals surface area (Å²) in [5.41, 5.74) is 6.54. The zero-order valence-corrected chi connectivity index (χ0v) is 14.9. The summed E-state index contributed by atoms with van der Waals surface area (Å²) in [5.74, 6) is 0.940. The van der Waals surface area contributed by atoms with Gasteiger partial charge in [-0.1, -0.05) is 24.3 Å². The molecule has 2 rings (SSSR count). The monoisotopic (exact) mass is 354 g/mol. The lowest BCUT2D eigenvalue weighted by Gasteiger charge is -2.23. The Balaban J connectivity index is 0.00000264. The highest BCUT2D eigenvalue weighted by Gasteiger charge is 2.16. The fraction of sp³-hybridized carbons (Fsp3) is 0.353. The quantitative estimate of drug-likeness (QED) is 0.790. The van der Waals surface area contributed by atoms with Gasteiger partial charge in [-0.2, -0.15) is 0 Å². The van der Waals surface area contributed by atoms with E-state index in [9.17, 15) is 4.79 Å². The summed E-state index contributed by atoms with van der Waals surface area (Å²) >= 11 is 1.66. The number of nitrogens with zero attached hydrogens (tertiary/aromatic N) is 1. The second-order valence-corrected chi connectivity index (χ2v) is 6.07. The van der Waals surface area contributed by atoms with Gasteiger partial charge in [-0.15, -0.1) is 23.7 Å². The smallest absolute Gasteiger partial charge is 0.223 e. The first-order valence-corrected chi connectivity index (χ1v) is 8.24. The van der Waals surface area contributed by atoms with Crippen molar-refractivity contribution in [2.75, 3.05) is 13.7 Å². The Morgan fingerprint density at radius 3 is 2.65 bits per heavy atom. The van der Waals surface area contributed by atoms with Gasteiger partial charge >= 0.3 is 0 Å². The highest BCUT2D eigenvalue weighted by atomic mass is 35.5. The van der Waals surface area contributed by atoms with Crippen LogP contribution in [-0.2, 0) is 17.9 Å². The van der Waals surface area contributed by atoms with Gasteiger partial charge < -0.3 is 15.4 Å². The number of hydrogen-bond donors (Lipinski definition) is 1. The molecular weight excluding hydrogens is 332 g/mol. The molecule has 0 fully saturated rings. The predicted octanol–water partition coefficient (Wildman–Crippen LogP) is 3.45. The summed E-state index contributed by atoms with van der Waals surface area (Å²) in [6.45, 7) is 1.71. The summed E-state index contributed by atoms with van der Waals surface area (Å²) in [7, 11) is 1.65. The molecule has 1 aromatic carbocycles. The van der Waals surface area contributed by atoms with Crippen molar-refractivity contribution in [1.29, 1.82) is 0 Å². The molecule has 0 atom stereocenters. The zero-order chi connectivity index (χ0) is 15.8. The molecule has 126 valence electrons. The van der Waals surface area contributed by atoms with Crippen LogP contribution in [0.2, 0.25) is 0 Å². The van der Waals surface area contributed by atoms with Crippen molar-refractivity contribution >= 4 is 29.7 Å². The molecule has 23 heavy (non-hydrogen) atoms. The van der Waals surface area contributed by atoms with Gasteiger partial charge in [0.15, 0.2) is 0 Å². The molecular formula is C17H23ClN2O2S. The minimum atomic E-state index is 0. The summed E-state index contributed by atoms with van der Waals surface area (Å²) in [6, 6.07) is 11.9. The number of ether oxygens (including phenoxy) is 1. The molecule has 0 bridgehead atoms. The van der Waals surface area contributed by atoms with Crippen LogP contribution in [0, 0.1) is 0 Å². The van der Waals surface area contributed by atoms with E-state index in [4.69, 9.17) is 10.5 Å². The predicted molar refractivity (Wildman–Crippen MR) is 97.1 cm³/mol. The first kappa shape index (κ1) is 19.5. The van der Waals surface area contributed by atoms with Gasteiger partial charge in [-0.05, 0) is 30.5 Å². The Kier molecular flexibility index (Phi) is 8.69. The first-order valence-electron chi connectivity index (χ1n) is 7.36. The van der Waals surface area contributed by atoms with Gasteiger partial charge in [0, 0.05) is 23.4 Å². The van der Waals surface area contributed by atoms with Crippen LogP contribution in [0.5, 0.6) is 5.75 Å². The van der Waals surface area contributed by atoms with Crippen molar-refractivity contribution in [3.8, 4) is 5.75 Å². The first-order chi connectivity index (χ1) is 10.7. The number of nitrogens with two attached hydrogens (primary N) is 1. The number of para-hydroxylation sites is 1. The van der Waals surface area contributed by atoms with Crippen LogP contribution in [0.1, 0.15) is 23.3 Å². The molecule has 0 spiro atoms. The van der Waals surface area contributed by atoms with Crippen LogP contribution in [0.4, 0.5) is 0 Å². The Bertz CT molecular complexity index is 590. The van der Waals surface area contributed by atoms with Gasteiger partial charge in [0.05, 0.1) is 13.7 Å². The lowest BCUT2D eigenvalue weighted by molar-refractivity contribution is -0.132. The van der Waals surface area contributed by atoms with Gasteiger partial charge in [-0.25, -0.2) is 0 Å². The lowest BCUT2D eigenvalue weighted by atomic mass is 10.1. The van der Waals surface area contributed by atoms with Crippen LogP contribution in [0.25, 0.3) is 0 Å². The zero-order valence-electron chi connectivity index (χ0n) is 13.2. The summed E-state index contributed by atoms with van der Waals surface area (Å²) in [5, 5.41) is 2.03. The molecule has 1 amide bonds. The van der Waals surface area contributed by atoms with Crippen LogP contribution in [0.3, 0.4) is 0 Å². The van der Waals surface area contributed by atoms with Gasteiger partial charge in [0.25, 0.3) is 0 Å². The largest absolute Gasteiger partial charge is 0.496 e. The van der Waals surface area contributed by atoms with E-state index in [2.05, 4.69) is 6.07 Å². The molecule has 2 aromatic rings. The van der Waals surface area contributed by atoms with E-state index in [1.807, 2.05) is 40.6 Å². The average Bonchev–Trinajstić information content (AvgIpc) is 3.05. The molecule has 0 radical (unpaired) electrons. The molecule has 0 aliphatic rings. The average molecular weight is 355 g/mol. The van der Waals surface area contributed by atoms with Gasteiger partial charge in [-0.3, -0.25) is 4.79 Å². The molecule has 2 N–H and O–H groups in total. The van der Waals surface area contributed by atoms with Crippen molar-refractivity contribution in [3.05, 3.63) is 52.2 Å². The lowest BCUT2D eigenvalue weighted by Crippen LogP contribution is -2.30. The van der Waals surface area contributed by atoms with Crippen LogP contribution in [0.15, 0.2) is 41.8 Å². The minimum absolute atomic E-state index is 0. The molecule has 1 aromatic heterocycles. The Morgan fingerprint density at radius 2 is 2.00 bits per heavy atom. The number of benzene rings is 1. The van der Waals surface area contributed by atoms with Gasteiger partial charge in [0.1, 0.15) is 5.75 Å². The minimum Gasteiger partial charge on any atom is -0.496 e. The molecule has 1 heterocycles. The second-order valence-electron chi connectivity index (χ2n) is 5.03. The highest BCUT2D eigenvalue weighted by molar-refractivity contribution is 7.09. The highest BCUT2D eigenvalue weighted by Crippen LogP contribution is 2.22. The number of methoxy groups -OCH3 is 1. The van der Waals surface area contributed by atoms with Crippen molar-refractivity contribution in [1.82, 2.24) is 4.90 Å². The Labute approximate surface area is 147 Å². The van der Waals surface area contributed by atoms with Gasteiger partial charge in [0.2, 0.25) is 5.91 Å². The maximum atomic E-state index is 12.5. The third-order valence-corrected chi connectivity index (χ3v) is 4.29. The summed E-state index contributed by atoms with van der Waals surface area (Å²) in [4.78, 5) is 15.5. The van der Waals surface area contributed by atoms with E-state index >= 15 is 0 Å². The van der Waals surface area contributed by atoms with Crippen LogP contribution >= 0.6 is 23.7 Å². The van der Waals surface area contributed by atoms with E-state index in [1.54, 1.807) is 18.4 Å². The van der Waals surface area contributed by atoms with Crippen molar-refractivity contribution in [3.63, 3.8) is 0 Å². The number of rotatable bonds is 8. The van der Waals surface area contributed by atoms with Crippen molar-refractivity contribution < 1.29 is 9.53 Å². The normalized spacial score (nSPS) is 10.0. The van der Waals surface area contributed by atoms with E-state index in [0.717, 1.165) is 11.3 Å². The molecule has 6 heteroatoms. The number of carbonyl (C=O) groups is 1. The van der Waals surface area contributed by atoms with Crippen molar-refractivity contribution in [2.45, 2.75) is 25.9 Å². The maximum absolute atomic E-state index is 12.5. The number of amides is 1. The number of carbonyl (C=O) groups excluding carboxylic acids is 1. The van der Waals surface area contributed by atoms with E-state index in [0.29, 0.717) is 32.5 Å². The fourth-order valence-electron chi connectivity index (χ4n) is 2.27.